The Kier molecular flexibility index (Phi) is 10.7. The van der Waals surface area contributed by atoms with Gasteiger partial charge in [-0.1, -0.05) is 30.3 Å². The van der Waals surface area contributed by atoms with E-state index in [0.29, 0.717) is 11.3 Å². The lowest BCUT2D eigenvalue weighted by molar-refractivity contribution is -0.147. The van der Waals surface area contributed by atoms with Gasteiger partial charge in [0.1, 0.15) is 24.2 Å². The van der Waals surface area contributed by atoms with Gasteiger partial charge >= 0.3 is 11.9 Å². The second kappa shape index (κ2) is 13.7. The van der Waals surface area contributed by atoms with Gasteiger partial charge in [0.15, 0.2) is 0 Å². The van der Waals surface area contributed by atoms with Crippen LogP contribution in [-0.4, -0.2) is 85.2 Å². The number of carbonyl (C=O) groups is 5. The lowest BCUT2D eigenvalue weighted by Gasteiger charge is -2.25. The Morgan fingerprint density at radius 2 is 1.49 bits per heavy atom. The predicted octanol–water partition coefficient (Wildman–Crippen LogP) is -2.08. The van der Waals surface area contributed by atoms with Crippen molar-refractivity contribution < 1.29 is 39.3 Å². The number of benzene rings is 1. The molecule has 0 saturated carbocycles. The third kappa shape index (κ3) is 9.35. The van der Waals surface area contributed by atoms with Crippen molar-refractivity contribution in [2.45, 2.75) is 56.5 Å². The molecule has 0 aliphatic rings. The Balaban J connectivity index is 2.28. The van der Waals surface area contributed by atoms with Crippen molar-refractivity contribution in [3.05, 3.63) is 54.1 Å². The van der Waals surface area contributed by atoms with Crippen LogP contribution >= 0.6 is 0 Å². The minimum atomic E-state index is -1.74. The number of nitrogens with zero attached hydrogens (tertiary/aromatic N) is 1. The summed E-state index contributed by atoms with van der Waals surface area (Å²) in [5.41, 5.74) is 6.79. The summed E-state index contributed by atoms with van der Waals surface area (Å²) < 4.78 is 0. The van der Waals surface area contributed by atoms with Crippen LogP contribution in [0.1, 0.15) is 24.6 Å². The molecule has 0 bridgehead atoms. The van der Waals surface area contributed by atoms with Gasteiger partial charge < -0.3 is 42.0 Å². The Morgan fingerprint density at radius 3 is 2.00 bits per heavy atom. The molecule has 0 saturated heterocycles. The Bertz CT molecular complexity index is 1080. The van der Waals surface area contributed by atoms with Crippen molar-refractivity contribution in [1.82, 2.24) is 25.9 Å². The van der Waals surface area contributed by atoms with Crippen molar-refractivity contribution >= 4 is 29.7 Å². The molecule has 2 aromatic rings. The van der Waals surface area contributed by atoms with Gasteiger partial charge in [0.05, 0.1) is 18.9 Å². The number of nitrogens with two attached hydrogens (primary N) is 1. The highest BCUT2D eigenvalue weighted by molar-refractivity contribution is 5.95. The lowest BCUT2D eigenvalue weighted by Crippen LogP contribution is -2.59. The molecule has 1 aromatic carbocycles. The van der Waals surface area contributed by atoms with E-state index in [9.17, 15) is 34.2 Å². The molecular formula is C23H30N6O8. The number of carboxylic acids is 2. The molecule has 9 N–H and O–H groups in total. The first kappa shape index (κ1) is 28.9. The summed E-state index contributed by atoms with van der Waals surface area (Å²) in [6.07, 6.45) is 0.531. The van der Waals surface area contributed by atoms with E-state index in [2.05, 4.69) is 25.9 Å². The molecule has 14 heteroatoms. The van der Waals surface area contributed by atoms with Crippen LogP contribution in [0.25, 0.3) is 0 Å². The summed E-state index contributed by atoms with van der Waals surface area (Å²) in [5.74, 6) is -5.56. The second-order valence-electron chi connectivity index (χ2n) is 8.36. The van der Waals surface area contributed by atoms with Gasteiger partial charge in [-0.05, 0) is 12.5 Å². The van der Waals surface area contributed by atoms with Crippen LogP contribution in [0.2, 0.25) is 0 Å². The fourth-order valence-electron chi connectivity index (χ4n) is 3.29. The molecule has 1 aromatic heterocycles. The number of imidazole rings is 1. The number of aliphatic carboxylic acids is 2. The summed E-state index contributed by atoms with van der Waals surface area (Å²) >= 11 is 0. The number of rotatable bonds is 14. The number of carboxylic acid groups (broad SMARTS) is 2. The van der Waals surface area contributed by atoms with Gasteiger partial charge in [-0.15, -0.1) is 0 Å². The molecule has 0 fully saturated rings. The van der Waals surface area contributed by atoms with Crippen molar-refractivity contribution in [2.75, 3.05) is 0 Å². The van der Waals surface area contributed by atoms with E-state index in [1.54, 1.807) is 30.3 Å². The molecular weight excluding hydrogens is 488 g/mol. The number of carbonyl (C=O) groups excluding carboxylic acids is 3. The number of aliphatic hydroxyl groups is 1. The number of amides is 3. The normalized spacial score (nSPS) is 14.9. The van der Waals surface area contributed by atoms with E-state index in [0.717, 1.165) is 0 Å². The first-order valence-corrected chi connectivity index (χ1v) is 11.3. The maximum atomic E-state index is 13.3. The van der Waals surface area contributed by atoms with Gasteiger partial charge in [-0.3, -0.25) is 19.2 Å². The lowest BCUT2D eigenvalue weighted by atomic mass is 10.0. The number of nitrogens with one attached hydrogen (secondary N) is 4. The molecule has 5 atom stereocenters. The van der Waals surface area contributed by atoms with E-state index in [-0.39, 0.29) is 12.8 Å². The molecule has 200 valence electrons. The maximum Gasteiger partial charge on any atom is 0.326 e. The number of hydrogen-bond donors (Lipinski definition) is 8. The molecule has 1 heterocycles. The fraction of sp³-hybridized carbons (Fsp3) is 0.391. The molecule has 0 radical (unpaired) electrons. The molecule has 5 unspecified atom stereocenters. The van der Waals surface area contributed by atoms with Gasteiger partial charge in [0, 0.05) is 24.7 Å². The molecule has 0 spiro atoms. The third-order valence-corrected chi connectivity index (χ3v) is 5.34. The zero-order valence-corrected chi connectivity index (χ0v) is 20.0. The van der Waals surface area contributed by atoms with E-state index in [1.165, 1.54) is 19.4 Å². The first-order valence-electron chi connectivity index (χ1n) is 11.3. The Hall–Kier alpha value is -4.30. The van der Waals surface area contributed by atoms with Gasteiger partial charge in [-0.25, -0.2) is 9.78 Å². The fourth-order valence-corrected chi connectivity index (χ4v) is 3.29. The second-order valence-corrected chi connectivity index (χ2v) is 8.36. The van der Waals surface area contributed by atoms with E-state index < -0.39 is 66.4 Å². The molecule has 14 nitrogen and oxygen atoms in total. The van der Waals surface area contributed by atoms with Crippen LogP contribution in [0.5, 0.6) is 0 Å². The van der Waals surface area contributed by atoms with Crippen LogP contribution < -0.4 is 21.7 Å². The van der Waals surface area contributed by atoms with Gasteiger partial charge in [0.2, 0.25) is 17.7 Å². The van der Waals surface area contributed by atoms with Crippen molar-refractivity contribution in [1.29, 1.82) is 0 Å². The standard InChI is InChI=1S/C23H30N6O8/c1-12(30)19(24)22(35)28-15(7-13-5-3-2-4-6-13)20(33)27-16(8-14-10-25-11-26-14)21(34)29-17(23(36)37)9-18(31)32/h2-6,10-12,15-17,19,30H,7-9,24H2,1H3,(H,25,26)(H,27,33)(H,28,35)(H,29,34)(H,31,32)(H,36,37). The highest BCUT2D eigenvalue weighted by Crippen LogP contribution is 2.07. The van der Waals surface area contributed by atoms with E-state index in [1.807, 2.05) is 0 Å². The number of aromatic nitrogens is 2. The minimum absolute atomic E-state index is 0.0140. The smallest absolute Gasteiger partial charge is 0.326 e. The van der Waals surface area contributed by atoms with Crippen molar-refractivity contribution in [3.8, 4) is 0 Å². The van der Waals surface area contributed by atoms with Gasteiger partial charge in [-0.2, -0.15) is 0 Å². The number of aliphatic hydroxyl groups excluding tert-OH is 1. The summed E-state index contributed by atoms with van der Waals surface area (Å²) in [6, 6.07) is 3.04. The van der Waals surface area contributed by atoms with Gasteiger partial charge in [0.25, 0.3) is 0 Å². The van der Waals surface area contributed by atoms with Crippen LogP contribution in [0.15, 0.2) is 42.9 Å². The Morgan fingerprint density at radius 1 is 0.919 bits per heavy atom. The molecule has 3 amide bonds. The highest BCUT2D eigenvalue weighted by Gasteiger charge is 2.32. The molecule has 0 aliphatic heterocycles. The van der Waals surface area contributed by atoms with Crippen molar-refractivity contribution in [3.63, 3.8) is 0 Å². The van der Waals surface area contributed by atoms with Crippen molar-refractivity contribution in [2.24, 2.45) is 5.73 Å². The summed E-state index contributed by atoms with van der Waals surface area (Å²) in [6.45, 7) is 1.32. The number of aromatic amines is 1. The van der Waals surface area contributed by atoms with Crippen LogP contribution in [0.4, 0.5) is 0 Å². The molecule has 0 aliphatic carbocycles. The van der Waals surface area contributed by atoms with Crippen LogP contribution in [0, 0.1) is 0 Å². The summed E-state index contributed by atoms with van der Waals surface area (Å²) in [4.78, 5) is 67.7. The SMILES string of the molecule is CC(O)C(N)C(=O)NC(Cc1ccccc1)C(=O)NC(Cc1cnc[nH]1)C(=O)NC(CC(=O)O)C(=O)O. The number of H-pyrrole nitrogens is 1. The summed E-state index contributed by atoms with van der Waals surface area (Å²) in [5, 5.41) is 35.0. The zero-order chi connectivity index (χ0) is 27.5. The maximum absolute atomic E-state index is 13.3. The van der Waals surface area contributed by atoms with Crippen LogP contribution in [0.3, 0.4) is 0 Å². The van der Waals surface area contributed by atoms with Crippen LogP contribution in [-0.2, 0) is 36.8 Å². The van der Waals surface area contributed by atoms with E-state index >= 15 is 0 Å². The van der Waals surface area contributed by atoms with E-state index in [4.69, 9.17) is 10.8 Å². The first-order chi connectivity index (χ1) is 17.5. The molecule has 2 rings (SSSR count). The highest BCUT2D eigenvalue weighted by atomic mass is 16.4. The largest absolute Gasteiger partial charge is 0.481 e. The summed E-state index contributed by atoms with van der Waals surface area (Å²) in [7, 11) is 0. The minimum Gasteiger partial charge on any atom is -0.481 e. The topological polar surface area (TPSA) is 237 Å². The predicted molar refractivity (Wildman–Crippen MR) is 128 cm³/mol. The number of hydrogen-bond acceptors (Lipinski definition) is 8. The molecule has 37 heavy (non-hydrogen) atoms. The quantitative estimate of drug-likeness (QED) is 0.136. The third-order valence-electron chi connectivity index (χ3n) is 5.34. The Labute approximate surface area is 211 Å². The average Bonchev–Trinajstić information content (AvgIpc) is 3.35. The average molecular weight is 519 g/mol. The zero-order valence-electron chi connectivity index (χ0n) is 20.0. The monoisotopic (exact) mass is 518 g/mol.